The summed E-state index contributed by atoms with van der Waals surface area (Å²) < 4.78 is 30.0. The third-order valence-corrected chi connectivity index (χ3v) is 6.98. The fourth-order valence-corrected chi connectivity index (χ4v) is 5.39. The second kappa shape index (κ2) is 6.17. The number of nitrogens with zero attached hydrogens (tertiary/aromatic N) is 3. The van der Waals surface area contributed by atoms with Crippen LogP contribution in [0.3, 0.4) is 0 Å². The van der Waals surface area contributed by atoms with E-state index in [4.69, 9.17) is 0 Å². The molecular weight excluding hydrogens is 374 g/mol. The summed E-state index contributed by atoms with van der Waals surface area (Å²) in [6.45, 7) is 0.423. The van der Waals surface area contributed by atoms with Crippen molar-refractivity contribution >= 4 is 32.3 Å². The van der Waals surface area contributed by atoms with Gasteiger partial charge in [-0.2, -0.15) is 4.98 Å². The molecule has 7 heteroatoms. The van der Waals surface area contributed by atoms with Gasteiger partial charge in [0.05, 0.1) is 21.5 Å². The normalized spacial score (nSPS) is 14.4. The zero-order valence-electron chi connectivity index (χ0n) is 14.9. The predicted octanol–water partition coefficient (Wildman–Crippen LogP) is 2.99. The number of hydrogen-bond acceptors (Lipinski definition) is 4. The Morgan fingerprint density at radius 3 is 2.68 bits per heavy atom. The van der Waals surface area contributed by atoms with Crippen molar-refractivity contribution in [2.75, 3.05) is 10.8 Å². The molecule has 3 heterocycles. The van der Waals surface area contributed by atoms with E-state index in [1.165, 1.54) is 10.4 Å². The van der Waals surface area contributed by atoms with E-state index in [0.29, 0.717) is 23.4 Å². The molecule has 0 bridgehead atoms. The smallest absolute Gasteiger partial charge is 0.281 e. The molecule has 0 atom stereocenters. The lowest BCUT2D eigenvalue weighted by atomic mass is 10.0. The molecule has 4 aromatic rings. The summed E-state index contributed by atoms with van der Waals surface area (Å²) >= 11 is 0. The van der Waals surface area contributed by atoms with Crippen LogP contribution in [0.4, 0.5) is 5.69 Å². The molecule has 0 fully saturated rings. The molecule has 2 aromatic heterocycles. The molecule has 0 saturated carbocycles. The Hall–Kier alpha value is -3.19. The molecule has 140 valence electrons. The minimum atomic E-state index is -3.78. The van der Waals surface area contributed by atoms with Gasteiger partial charge in [-0.05, 0) is 54.8 Å². The Kier molecular flexibility index (Phi) is 3.73. The molecule has 0 aliphatic carbocycles. The average molecular weight is 391 g/mol. The van der Waals surface area contributed by atoms with E-state index >= 15 is 0 Å². The van der Waals surface area contributed by atoms with Crippen LogP contribution in [0.25, 0.3) is 16.6 Å². The number of fused-ring (bicyclic) bond motifs is 4. The number of para-hydroxylation sites is 1. The summed E-state index contributed by atoms with van der Waals surface area (Å²) in [6.07, 6.45) is 3.43. The van der Waals surface area contributed by atoms with Crippen LogP contribution in [-0.2, 0) is 16.4 Å². The molecule has 0 unspecified atom stereocenters. The highest BCUT2D eigenvalue weighted by Gasteiger charge is 2.29. The second-order valence-electron chi connectivity index (χ2n) is 6.83. The van der Waals surface area contributed by atoms with Crippen molar-refractivity contribution in [1.29, 1.82) is 0 Å². The van der Waals surface area contributed by atoms with E-state index in [9.17, 15) is 13.2 Å². The quantitative estimate of drug-likeness (QED) is 0.493. The molecule has 6 nitrogen and oxygen atoms in total. The van der Waals surface area contributed by atoms with E-state index in [1.807, 2.05) is 30.3 Å². The zero-order chi connectivity index (χ0) is 19.3. The molecule has 0 N–H and O–H groups in total. The lowest BCUT2D eigenvalue weighted by molar-refractivity contribution is 0.586. The van der Waals surface area contributed by atoms with Gasteiger partial charge in [0.25, 0.3) is 15.6 Å². The van der Waals surface area contributed by atoms with Crippen LogP contribution < -0.4 is 9.86 Å². The maximum absolute atomic E-state index is 13.4. The van der Waals surface area contributed by atoms with Crippen molar-refractivity contribution in [2.24, 2.45) is 0 Å². The number of aryl methyl sites for hydroxylation is 1. The summed E-state index contributed by atoms with van der Waals surface area (Å²) in [5.41, 5.74) is 2.46. The van der Waals surface area contributed by atoms with Crippen molar-refractivity contribution in [3.05, 3.63) is 82.8 Å². The molecule has 0 saturated heterocycles. The Labute approximate surface area is 161 Å². The van der Waals surface area contributed by atoms with Gasteiger partial charge in [0.1, 0.15) is 5.65 Å². The van der Waals surface area contributed by atoms with Crippen molar-refractivity contribution < 1.29 is 8.42 Å². The number of aromatic nitrogens is 2. The van der Waals surface area contributed by atoms with Gasteiger partial charge in [-0.25, -0.2) is 8.42 Å². The predicted molar refractivity (Wildman–Crippen MR) is 108 cm³/mol. The lowest BCUT2D eigenvalue weighted by Gasteiger charge is -2.30. The van der Waals surface area contributed by atoms with Gasteiger partial charge in [-0.3, -0.25) is 9.10 Å². The van der Waals surface area contributed by atoms with Crippen molar-refractivity contribution in [3.8, 4) is 0 Å². The van der Waals surface area contributed by atoms with E-state index in [-0.39, 0.29) is 10.3 Å². The standard InChI is InChI=1S/C21H17N3O3S/c25-21-17-14-16(10-11-19(17)23-12-4-3-9-20(23)22-21)28(26,27)24-13-5-7-15-6-1-2-8-18(15)24/h1-4,6,8-12,14H,5,7,13H2. The van der Waals surface area contributed by atoms with Gasteiger partial charge in [-0.1, -0.05) is 24.3 Å². The topological polar surface area (TPSA) is 71.8 Å². The highest BCUT2D eigenvalue weighted by molar-refractivity contribution is 7.92. The third kappa shape index (κ3) is 2.51. The van der Waals surface area contributed by atoms with Crippen LogP contribution in [0.1, 0.15) is 12.0 Å². The first kappa shape index (κ1) is 16.9. The van der Waals surface area contributed by atoms with E-state index in [1.54, 1.807) is 34.9 Å². The Morgan fingerprint density at radius 2 is 1.79 bits per heavy atom. The first-order valence-electron chi connectivity index (χ1n) is 9.07. The van der Waals surface area contributed by atoms with Gasteiger partial charge >= 0.3 is 0 Å². The van der Waals surface area contributed by atoms with Crippen LogP contribution in [-0.4, -0.2) is 24.3 Å². The van der Waals surface area contributed by atoms with Gasteiger partial charge in [-0.15, -0.1) is 0 Å². The van der Waals surface area contributed by atoms with Crippen LogP contribution in [0, 0.1) is 0 Å². The molecule has 28 heavy (non-hydrogen) atoms. The van der Waals surface area contributed by atoms with E-state index in [2.05, 4.69) is 4.98 Å². The van der Waals surface area contributed by atoms with Crippen LogP contribution in [0.2, 0.25) is 0 Å². The fourth-order valence-electron chi connectivity index (χ4n) is 3.83. The molecule has 1 aliphatic rings. The van der Waals surface area contributed by atoms with Gasteiger partial charge in [0.2, 0.25) is 0 Å². The minimum Gasteiger partial charge on any atom is -0.301 e. The maximum Gasteiger partial charge on any atom is 0.281 e. The Balaban J connectivity index is 1.70. The molecule has 0 radical (unpaired) electrons. The first-order valence-corrected chi connectivity index (χ1v) is 10.5. The molecule has 0 amide bonds. The fraction of sp³-hybridized carbons (Fsp3) is 0.143. The minimum absolute atomic E-state index is 0.103. The van der Waals surface area contributed by atoms with E-state index < -0.39 is 15.6 Å². The molecule has 2 aromatic carbocycles. The number of rotatable bonds is 2. The third-order valence-electron chi connectivity index (χ3n) is 5.17. The van der Waals surface area contributed by atoms with Crippen molar-refractivity contribution in [2.45, 2.75) is 17.7 Å². The van der Waals surface area contributed by atoms with Crippen molar-refractivity contribution in [1.82, 2.24) is 9.38 Å². The lowest BCUT2D eigenvalue weighted by Crippen LogP contribution is -2.35. The Morgan fingerprint density at radius 1 is 0.964 bits per heavy atom. The number of anilines is 1. The van der Waals surface area contributed by atoms with Gasteiger partial charge < -0.3 is 4.40 Å². The van der Waals surface area contributed by atoms with E-state index in [0.717, 1.165) is 18.4 Å². The summed E-state index contributed by atoms with van der Waals surface area (Å²) in [4.78, 5) is 16.7. The maximum atomic E-state index is 13.4. The van der Waals surface area contributed by atoms with Gasteiger partial charge in [0.15, 0.2) is 0 Å². The van der Waals surface area contributed by atoms with Crippen molar-refractivity contribution in [3.63, 3.8) is 0 Å². The average Bonchev–Trinajstić information content (AvgIpc) is 2.73. The molecule has 5 rings (SSSR count). The zero-order valence-corrected chi connectivity index (χ0v) is 15.8. The number of pyridine rings is 1. The molecular formula is C21H17N3O3S. The number of benzene rings is 2. The summed E-state index contributed by atoms with van der Waals surface area (Å²) in [7, 11) is -3.78. The largest absolute Gasteiger partial charge is 0.301 e. The van der Waals surface area contributed by atoms with Crippen LogP contribution in [0.15, 0.2) is 76.6 Å². The molecule has 1 aliphatic heterocycles. The number of sulfonamides is 1. The summed E-state index contributed by atoms with van der Waals surface area (Å²) in [6, 6.07) is 17.6. The summed E-state index contributed by atoms with van der Waals surface area (Å²) in [5.74, 6) is 0. The molecule has 0 spiro atoms. The van der Waals surface area contributed by atoms with Crippen LogP contribution >= 0.6 is 0 Å². The van der Waals surface area contributed by atoms with Gasteiger partial charge in [0, 0.05) is 12.7 Å². The summed E-state index contributed by atoms with van der Waals surface area (Å²) in [5, 5.41) is 0.287. The highest BCUT2D eigenvalue weighted by Crippen LogP contribution is 2.32. The second-order valence-corrected chi connectivity index (χ2v) is 8.70. The number of hydrogen-bond donors (Lipinski definition) is 0. The SMILES string of the molecule is O=c1nc2ccccn2c2ccc(S(=O)(=O)N3CCCc4ccccc43)cc12. The monoisotopic (exact) mass is 391 g/mol. The Bertz CT molecular complexity index is 1390. The highest BCUT2D eigenvalue weighted by atomic mass is 32.2. The van der Waals surface area contributed by atoms with Crippen LogP contribution in [0.5, 0.6) is 0 Å². The first-order chi connectivity index (χ1) is 13.6.